The third-order valence-corrected chi connectivity index (χ3v) is 3.77. The van der Waals surface area contributed by atoms with E-state index in [2.05, 4.69) is 32.0 Å². The lowest BCUT2D eigenvalue weighted by Crippen LogP contribution is -2.31. The summed E-state index contributed by atoms with van der Waals surface area (Å²) in [6, 6.07) is 6.47. The van der Waals surface area contributed by atoms with Crippen molar-refractivity contribution in [3.63, 3.8) is 0 Å². The minimum Gasteiger partial charge on any atom is -0.389 e. The predicted octanol–water partition coefficient (Wildman–Crippen LogP) is 2.09. The molecule has 2 atom stereocenters. The van der Waals surface area contributed by atoms with E-state index in [1.165, 1.54) is 16.7 Å². The minimum absolute atomic E-state index is 0.175. The molecule has 1 saturated carbocycles. The van der Waals surface area contributed by atoms with Crippen molar-refractivity contribution >= 4 is 0 Å². The number of aliphatic hydroxyl groups is 1. The molecule has 16 heavy (non-hydrogen) atoms. The van der Waals surface area contributed by atoms with Crippen LogP contribution in [0.15, 0.2) is 18.2 Å². The lowest BCUT2D eigenvalue weighted by molar-refractivity contribution is 0.0465. The average molecular weight is 219 g/mol. The summed E-state index contributed by atoms with van der Waals surface area (Å²) in [4.78, 5) is 0. The molecule has 2 nitrogen and oxygen atoms in total. The quantitative estimate of drug-likeness (QED) is 0.800. The molecular formula is C14H21NO. The van der Waals surface area contributed by atoms with Crippen molar-refractivity contribution < 1.29 is 5.11 Å². The number of benzene rings is 1. The molecule has 2 rings (SSSR count). The Morgan fingerprint density at radius 3 is 2.50 bits per heavy atom. The number of rotatable bonds is 2. The average Bonchev–Trinajstić information content (AvgIpc) is 2.53. The fourth-order valence-electron chi connectivity index (χ4n) is 2.76. The molecule has 1 aliphatic carbocycles. The minimum atomic E-state index is -0.573. The zero-order chi connectivity index (χ0) is 11.8. The van der Waals surface area contributed by atoms with Gasteiger partial charge in [0.05, 0.1) is 5.60 Å². The number of hydrogen-bond acceptors (Lipinski definition) is 2. The third kappa shape index (κ3) is 2.28. The molecule has 2 heteroatoms. The molecule has 1 aromatic rings. The lowest BCUT2D eigenvalue weighted by atomic mass is 9.88. The molecular weight excluding hydrogens is 198 g/mol. The Hall–Kier alpha value is -0.860. The van der Waals surface area contributed by atoms with Crippen LogP contribution in [0.5, 0.6) is 0 Å². The van der Waals surface area contributed by atoms with Crippen molar-refractivity contribution in [3.8, 4) is 0 Å². The number of aryl methyl sites for hydroxylation is 2. The van der Waals surface area contributed by atoms with Crippen LogP contribution in [-0.4, -0.2) is 16.7 Å². The summed E-state index contributed by atoms with van der Waals surface area (Å²) in [5.74, 6) is 0. The molecule has 1 aliphatic rings. The van der Waals surface area contributed by atoms with Gasteiger partial charge < -0.3 is 10.8 Å². The van der Waals surface area contributed by atoms with Gasteiger partial charge in [-0.3, -0.25) is 0 Å². The van der Waals surface area contributed by atoms with E-state index in [0.717, 1.165) is 25.7 Å². The second kappa shape index (κ2) is 4.19. The maximum Gasteiger partial charge on any atom is 0.0703 e. The lowest BCUT2D eigenvalue weighted by Gasteiger charge is -2.24. The Kier molecular flexibility index (Phi) is 3.04. The molecule has 88 valence electrons. The maximum atomic E-state index is 10.5. The van der Waals surface area contributed by atoms with Crippen LogP contribution >= 0.6 is 0 Å². The van der Waals surface area contributed by atoms with Crippen molar-refractivity contribution in [3.05, 3.63) is 34.9 Å². The van der Waals surface area contributed by atoms with E-state index in [4.69, 9.17) is 5.73 Å². The van der Waals surface area contributed by atoms with Gasteiger partial charge >= 0.3 is 0 Å². The van der Waals surface area contributed by atoms with E-state index in [1.807, 2.05) is 0 Å². The summed E-state index contributed by atoms with van der Waals surface area (Å²) >= 11 is 0. The molecule has 3 N–H and O–H groups in total. The first-order chi connectivity index (χ1) is 7.50. The molecule has 0 bridgehead atoms. The van der Waals surface area contributed by atoms with Crippen molar-refractivity contribution in [1.82, 2.24) is 0 Å². The SMILES string of the molecule is Cc1cccc(C)c1CC1(O)CCC(N)C1. The summed E-state index contributed by atoms with van der Waals surface area (Å²) in [7, 11) is 0. The number of nitrogens with two attached hydrogens (primary N) is 1. The van der Waals surface area contributed by atoms with E-state index in [0.29, 0.717) is 0 Å². The van der Waals surface area contributed by atoms with Crippen LogP contribution in [-0.2, 0) is 6.42 Å². The van der Waals surface area contributed by atoms with Gasteiger partial charge in [0.25, 0.3) is 0 Å². The Labute approximate surface area is 97.5 Å². The molecule has 1 aromatic carbocycles. The first-order valence-corrected chi connectivity index (χ1v) is 6.03. The van der Waals surface area contributed by atoms with Gasteiger partial charge in [0.2, 0.25) is 0 Å². The Morgan fingerprint density at radius 2 is 2.00 bits per heavy atom. The molecule has 1 fully saturated rings. The van der Waals surface area contributed by atoms with Crippen molar-refractivity contribution in [2.24, 2.45) is 5.73 Å². The summed E-state index contributed by atoms with van der Waals surface area (Å²) < 4.78 is 0. The smallest absolute Gasteiger partial charge is 0.0703 e. The van der Waals surface area contributed by atoms with Gasteiger partial charge in [-0.1, -0.05) is 18.2 Å². The summed E-state index contributed by atoms with van der Waals surface area (Å²) in [6.07, 6.45) is 3.27. The van der Waals surface area contributed by atoms with Gasteiger partial charge in [-0.25, -0.2) is 0 Å². The normalized spacial score (nSPS) is 29.6. The summed E-state index contributed by atoms with van der Waals surface area (Å²) in [5.41, 5.74) is 9.14. The molecule has 2 unspecified atom stereocenters. The predicted molar refractivity (Wildman–Crippen MR) is 66.4 cm³/mol. The van der Waals surface area contributed by atoms with E-state index in [9.17, 15) is 5.11 Å². The Bertz CT molecular complexity index is 368. The topological polar surface area (TPSA) is 46.2 Å². The van der Waals surface area contributed by atoms with Crippen LogP contribution < -0.4 is 5.73 Å². The van der Waals surface area contributed by atoms with Gasteiger partial charge in [0.1, 0.15) is 0 Å². The van der Waals surface area contributed by atoms with Crippen molar-refractivity contribution in [1.29, 1.82) is 0 Å². The van der Waals surface area contributed by atoms with Gasteiger partial charge in [-0.05, 0) is 49.8 Å². The van der Waals surface area contributed by atoms with Crippen LogP contribution in [0.3, 0.4) is 0 Å². The van der Waals surface area contributed by atoms with Crippen LogP contribution in [0.2, 0.25) is 0 Å². The maximum absolute atomic E-state index is 10.5. The Morgan fingerprint density at radius 1 is 1.38 bits per heavy atom. The zero-order valence-electron chi connectivity index (χ0n) is 10.2. The Balaban J connectivity index is 2.21. The number of hydrogen-bond donors (Lipinski definition) is 2. The molecule has 0 heterocycles. The fraction of sp³-hybridized carbons (Fsp3) is 0.571. The highest BCUT2D eigenvalue weighted by Crippen LogP contribution is 2.33. The van der Waals surface area contributed by atoms with Crippen LogP contribution in [0.1, 0.15) is 36.0 Å². The molecule has 0 saturated heterocycles. The van der Waals surface area contributed by atoms with Crippen LogP contribution in [0.25, 0.3) is 0 Å². The fourth-order valence-corrected chi connectivity index (χ4v) is 2.76. The van der Waals surface area contributed by atoms with E-state index >= 15 is 0 Å². The highest BCUT2D eigenvalue weighted by Gasteiger charge is 2.36. The van der Waals surface area contributed by atoms with Gasteiger partial charge in [-0.2, -0.15) is 0 Å². The standard InChI is InChI=1S/C14H21NO/c1-10-4-3-5-11(2)13(10)9-14(16)7-6-12(15)8-14/h3-5,12,16H,6-9,15H2,1-2H3. The molecule has 0 radical (unpaired) electrons. The third-order valence-electron chi connectivity index (χ3n) is 3.77. The van der Waals surface area contributed by atoms with Gasteiger partial charge in [0.15, 0.2) is 0 Å². The van der Waals surface area contributed by atoms with Crippen molar-refractivity contribution in [2.45, 2.75) is 51.2 Å². The van der Waals surface area contributed by atoms with E-state index in [1.54, 1.807) is 0 Å². The van der Waals surface area contributed by atoms with E-state index in [-0.39, 0.29) is 6.04 Å². The highest BCUT2D eigenvalue weighted by molar-refractivity contribution is 5.34. The van der Waals surface area contributed by atoms with Crippen LogP contribution in [0, 0.1) is 13.8 Å². The first-order valence-electron chi connectivity index (χ1n) is 6.03. The van der Waals surface area contributed by atoms with Gasteiger partial charge in [0, 0.05) is 12.5 Å². The summed E-state index contributed by atoms with van der Waals surface area (Å²) in [6.45, 7) is 4.22. The van der Waals surface area contributed by atoms with E-state index < -0.39 is 5.60 Å². The van der Waals surface area contributed by atoms with Crippen LogP contribution in [0.4, 0.5) is 0 Å². The summed E-state index contributed by atoms with van der Waals surface area (Å²) in [5, 5.41) is 10.5. The van der Waals surface area contributed by atoms with Crippen molar-refractivity contribution in [2.75, 3.05) is 0 Å². The largest absolute Gasteiger partial charge is 0.389 e. The molecule has 0 aliphatic heterocycles. The zero-order valence-corrected chi connectivity index (χ0v) is 10.2. The first kappa shape index (κ1) is 11.6. The van der Waals surface area contributed by atoms with Gasteiger partial charge in [-0.15, -0.1) is 0 Å². The molecule has 0 aromatic heterocycles. The monoisotopic (exact) mass is 219 g/mol. The molecule has 0 amide bonds. The highest BCUT2D eigenvalue weighted by atomic mass is 16.3. The molecule has 0 spiro atoms. The second-order valence-corrected chi connectivity index (χ2v) is 5.27. The second-order valence-electron chi connectivity index (χ2n) is 5.27.